The third kappa shape index (κ3) is 2.99. The average molecular weight is 525 g/mol. The molecule has 2 bridgehead atoms. The maximum atomic E-state index is 13.7. The minimum absolute atomic E-state index is 0.00883. The van der Waals surface area contributed by atoms with Gasteiger partial charge in [0.05, 0.1) is 29.7 Å². The van der Waals surface area contributed by atoms with Crippen molar-refractivity contribution in [3.05, 3.63) is 73.7 Å². The van der Waals surface area contributed by atoms with Crippen LogP contribution in [0.5, 0.6) is 5.75 Å². The first-order valence-corrected chi connectivity index (χ1v) is 13.7. The lowest BCUT2D eigenvalue weighted by Gasteiger charge is -2.43. The zero-order chi connectivity index (χ0) is 24.0. The van der Waals surface area contributed by atoms with Gasteiger partial charge in [-0.2, -0.15) is 0 Å². The number of hydrogen-bond donors (Lipinski definition) is 1. The van der Waals surface area contributed by atoms with Crippen molar-refractivity contribution >= 4 is 52.2 Å². The molecule has 2 aliphatic carbocycles. The van der Waals surface area contributed by atoms with Crippen molar-refractivity contribution in [3.8, 4) is 5.75 Å². The standard InChI is InChI=1S/C26H21ClN2O4S2/c1-33-14-8-2-11(3-9-14)17-18-15-10-16(21(18)34-23-22(17)35-26(32)28-23)20-19(15)24(30)29(25(20)31)13-6-4-12(27)5-7-13/h2-9,15-21H,10H2,1H3,(H,28,32)/t15-,16+,17+,18+,19+,20+,21+/m0/s1. The first kappa shape index (κ1) is 21.7. The van der Waals surface area contributed by atoms with Gasteiger partial charge >= 0.3 is 4.87 Å². The van der Waals surface area contributed by atoms with Crippen LogP contribution in [0.25, 0.3) is 0 Å². The number of carbonyl (C=O) groups excluding carboxylic acids is 2. The highest BCUT2D eigenvalue weighted by atomic mass is 35.5. The number of ether oxygens (including phenoxy) is 1. The van der Waals surface area contributed by atoms with Crippen LogP contribution in [-0.4, -0.2) is 29.2 Å². The Labute approximate surface area is 214 Å². The molecule has 3 heterocycles. The van der Waals surface area contributed by atoms with Crippen molar-refractivity contribution < 1.29 is 14.3 Å². The summed E-state index contributed by atoms with van der Waals surface area (Å²) in [5, 5.41) is 1.66. The third-order valence-electron chi connectivity index (χ3n) is 8.28. The number of thioether (sulfide) groups is 1. The Morgan fingerprint density at radius 1 is 0.971 bits per heavy atom. The van der Waals surface area contributed by atoms with Gasteiger partial charge in [0.1, 0.15) is 5.75 Å². The zero-order valence-electron chi connectivity index (χ0n) is 18.6. The molecule has 35 heavy (non-hydrogen) atoms. The number of imide groups is 1. The molecule has 1 aromatic heterocycles. The monoisotopic (exact) mass is 524 g/mol. The van der Waals surface area contributed by atoms with E-state index in [1.807, 2.05) is 12.1 Å². The van der Waals surface area contributed by atoms with E-state index in [1.54, 1.807) is 43.1 Å². The predicted octanol–water partition coefficient (Wildman–Crippen LogP) is 4.78. The van der Waals surface area contributed by atoms with Gasteiger partial charge in [0, 0.05) is 21.1 Å². The molecular formula is C26H21ClN2O4S2. The van der Waals surface area contributed by atoms with E-state index in [0.29, 0.717) is 10.7 Å². The summed E-state index contributed by atoms with van der Waals surface area (Å²) in [7, 11) is 1.64. The Bertz CT molecular complexity index is 1420. The van der Waals surface area contributed by atoms with Crippen LogP contribution in [0, 0.1) is 29.6 Å². The lowest BCUT2D eigenvalue weighted by atomic mass is 9.68. The lowest BCUT2D eigenvalue weighted by molar-refractivity contribution is -0.123. The molecule has 1 N–H and O–H groups in total. The zero-order valence-corrected chi connectivity index (χ0v) is 21.0. The van der Waals surface area contributed by atoms with Gasteiger partial charge in [-0.3, -0.25) is 19.3 Å². The fourth-order valence-corrected chi connectivity index (χ4v) is 10.1. The second kappa shape index (κ2) is 7.72. The number of aromatic nitrogens is 1. The summed E-state index contributed by atoms with van der Waals surface area (Å²) in [5.41, 5.74) is 1.71. The van der Waals surface area contributed by atoms with Gasteiger partial charge in [-0.05, 0) is 66.1 Å². The SMILES string of the molecule is COc1ccc([C@H]2c3sc(=O)[nH]c3S[C@@H]3[C@@H]4C[C@H]([C@H]5C(=O)N(c6ccc(Cl)cc6)C(=O)[C@H]45)[C@H]23)cc1. The smallest absolute Gasteiger partial charge is 0.305 e. The summed E-state index contributed by atoms with van der Waals surface area (Å²) < 4.78 is 5.36. The van der Waals surface area contributed by atoms with Crippen LogP contribution in [0.2, 0.25) is 5.02 Å². The second-order valence-electron chi connectivity index (χ2n) is 9.72. The van der Waals surface area contributed by atoms with Gasteiger partial charge in [-0.25, -0.2) is 0 Å². The van der Waals surface area contributed by atoms with Crippen molar-refractivity contribution in [1.82, 2.24) is 4.98 Å². The Morgan fingerprint density at radius 2 is 1.66 bits per heavy atom. The number of rotatable bonds is 3. The van der Waals surface area contributed by atoms with Crippen LogP contribution >= 0.6 is 34.7 Å². The van der Waals surface area contributed by atoms with Crippen LogP contribution in [-0.2, 0) is 9.59 Å². The number of nitrogens with one attached hydrogen (secondary N) is 1. The Balaban J connectivity index is 1.31. The number of nitrogens with zero attached hydrogens (tertiary/aromatic N) is 1. The average Bonchev–Trinajstić information content (AvgIpc) is 3.59. The quantitative estimate of drug-likeness (QED) is 0.499. The lowest BCUT2D eigenvalue weighted by Crippen LogP contribution is -2.42. The summed E-state index contributed by atoms with van der Waals surface area (Å²) >= 11 is 9.01. The van der Waals surface area contributed by atoms with E-state index in [2.05, 4.69) is 17.1 Å². The highest BCUT2D eigenvalue weighted by Gasteiger charge is 2.69. The van der Waals surface area contributed by atoms with E-state index < -0.39 is 0 Å². The minimum Gasteiger partial charge on any atom is -0.497 e. The summed E-state index contributed by atoms with van der Waals surface area (Å²) in [4.78, 5) is 45.1. The molecule has 3 fully saturated rings. The highest BCUT2D eigenvalue weighted by Crippen LogP contribution is 2.68. The number of halogens is 1. The molecule has 6 nitrogen and oxygen atoms in total. The summed E-state index contributed by atoms with van der Waals surface area (Å²) in [6.07, 6.45) is 0.870. The van der Waals surface area contributed by atoms with Gasteiger partial charge in [-0.15, -0.1) is 11.8 Å². The molecule has 2 aromatic carbocycles. The molecular weight excluding hydrogens is 504 g/mol. The molecule has 2 amide bonds. The topological polar surface area (TPSA) is 79.5 Å². The normalized spacial score (nSPS) is 32.5. The molecule has 7 atom stereocenters. The summed E-state index contributed by atoms with van der Waals surface area (Å²) in [6.45, 7) is 0. The van der Waals surface area contributed by atoms with Gasteiger partial charge in [0.15, 0.2) is 0 Å². The highest BCUT2D eigenvalue weighted by molar-refractivity contribution is 8.00. The molecule has 9 heteroatoms. The van der Waals surface area contributed by atoms with Crippen LogP contribution in [0.15, 0.2) is 58.4 Å². The number of thiazole rings is 1. The minimum atomic E-state index is -0.317. The number of benzene rings is 2. The molecule has 0 radical (unpaired) electrons. The van der Waals surface area contributed by atoms with Gasteiger partial charge in [-0.1, -0.05) is 35.1 Å². The Hall–Kier alpha value is -2.55. The number of fused-ring (bicyclic) bond motifs is 9. The molecule has 4 aliphatic rings. The van der Waals surface area contributed by atoms with Crippen LogP contribution in [0.4, 0.5) is 5.69 Å². The van der Waals surface area contributed by atoms with Crippen molar-refractivity contribution in [2.24, 2.45) is 29.6 Å². The van der Waals surface area contributed by atoms with E-state index in [4.69, 9.17) is 16.3 Å². The first-order chi connectivity index (χ1) is 17.0. The Morgan fingerprint density at radius 3 is 2.34 bits per heavy atom. The number of hydrogen-bond acceptors (Lipinski definition) is 6. The molecule has 2 saturated carbocycles. The van der Waals surface area contributed by atoms with E-state index in [9.17, 15) is 14.4 Å². The van der Waals surface area contributed by atoms with Crippen LogP contribution in [0.1, 0.15) is 22.8 Å². The largest absolute Gasteiger partial charge is 0.497 e. The molecule has 7 rings (SSSR count). The van der Waals surface area contributed by atoms with Crippen LogP contribution in [0.3, 0.4) is 0 Å². The number of amides is 2. The van der Waals surface area contributed by atoms with Crippen molar-refractivity contribution in [2.75, 3.05) is 12.0 Å². The van der Waals surface area contributed by atoms with Gasteiger partial charge in [0.2, 0.25) is 11.8 Å². The van der Waals surface area contributed by atoms with E-state index in [1.165, 1.54) is 16.2 Å². The van der Waals surface area contributed by atoms with E-state index >= 15 is 0 Å². The van der Waals surface area contributed by atoms with Crippen molar-refractivity contribution in [2.45, 2.75) is 22.6 Å². The summed E-state index contributed by atoms with van der Waals surface area (Å²) in [6, 6.07) is 14.9. The molecule has 2 aliphatic heterocycles. The van der Waals surface area contributed by atoms with E-state index in [0.717, 1.165) is 27.6 Å². The molecule has 3 aromatic rings. The molecule has 1 saturated heterocycles. The fraction of sp³-hybridized carbons (Fsp3) is 0.346. The fourth-order valence-electron chi connectivity index (χ4n) is 7.05. The molecule has 0 unspecified atom stereocenters. The number of methoxy groups -OCH3 is 1. The maximum absolute atomic E-state index is 13.7. The summed E-state index contributed by atoms with van der Waals surface area (Å²) in [5.74, 6) is 0.346. The van der Waals surface area contributed by atoms with E-state index in [-0.39, 0.29) is 57.4 Å². The number of anilines is 1. The van der Waals surface area contributed by atoms with Gasteiger partial charge in [0.25, 0.3) is 0 Å². The molecule has 0 spiro atoms. The molecule has 178 valence electrons. The third-order valence-corrected chi connectivity index (χ3v) is 11.1. The number of H-pyrrole nitrogens is 1. The van der Waals surface area contributed by atoms with Crippen molar-refractivity contribution in [1.29, 1.82) is 0 Å². The maximum Gasteiger partial charge on any atom is 0.305 e. The predicted molar refractivity (Wildman–Crippen MR) is 135 cm³/mol. The van der Waals surface area contributed by atoms with Crippen LogP contribution < -0.4 is 14.5 Å². The van der Waals surface area contributed by atoms with Crippen molar-refractivity contribution in [3.63, 3.8) is 0 Å². The number of carbonyl (C=O) groups is 2. The first-order valence-electron chi connectivity index (χ1n) is 11.6. The number of aromatic amines is 1. The Kier molecular flexibility index (Phi) is 4.79. The second-order valence-corrected chi connectivity index (χ2v) is 12.4. The van der Waals surface area contributed by atoms with Gasteiger partial charge < -0.3 is 9.72 Å².